The van der Waals surface area contributed by atoms with Crippen LogP contribution in [0.5, 0.6) is 0 Å². The van der Waals surface area contributed by atoms with Crippen LogP contribution in [0.4, 0.5) is 0 Å². The number of nitrogens with one attached hydrogen (secondary N) is 2. The molecule has 182 valence electrons. The molecule has 2 atom stereocenters. The summed E-state index contributed by atoms with van der Waals surface area (Å²) < 4.78 is 25.4. The summed E-state index contributed by atoms with van der Waals surface area (Å²) in [5.74, 6) is 0.00818. The number of carbonyl (C=O) groups excluding carboxylic acids is 1. The minimum Gasteiger partial charge on any atom is -0.392 e. The van der Waals surface area contributed by atoms with Crippen LogP contribution in [-0.4, -0.2) is 54.8 Å². The van der Waals surface area contributed by atoms with Gasteiger partial charge in [0.15, 0.2) is 0 Å². The van der Waals surface area contributed by atoms with E-state index in [9.17, 15) is 18.3 Å². The first-order valence-electron chi connectivity index (χ1n) is 11.9. The number of hydrogen-bond donors (Lipinski definition) is 3. The summed E-state index contributed by atoms with van der Waals surface area (Å²) in [6, 6.07) is 14.6. The van der Waals surface area contributed by atoms with Gasteiger partial charge in [0.05, 0.1) is 17.9 Å². The molecular weight excluding hydrogens is 450 g/mol. The van der Waals surface area contributed by atoms with Crippen LogP contribution in [0.15, 0.2) is 42.5 Å². The summed E-state index contributed by atoms with van der Waals surface area (Å²) in [7, 11) is -3.29. The number of fused-ring (bicyclic) bond motifs is 3. The van der Waals surface area contributed by atoms with Crippen LogP contribution >= 0.6 is 0 Å². The Kier molecular flexibility index (Phi) is 7.40. The van der Waals surface area contributed by atoms with Gasteiger partial charge in [-0.3, -0.25) is 4.79 Å². The summed E-state index contributed by atoms with van der Waals surface area (Å²) in [5.41, 5.74) is 6.91. The van der Waals surface area contributed by atoms with Crippen LogP contribution in [0.3, 0.4) is 0 Å². The molecule has 0 aliphatic carbocycles. The fraction of sp³-hybridized carbons (Fsp3) is 0.423. The number of hydrogen-bond acceptors (Lipinski definition) is 4. The van der Waals surface area contributed by atoms with Gasteiger partial charge >= 0.3 is 0 Å². The van der Waals surface area contributed by atoms with E-state index in [-0.39, 0.29) is 18.3 Å². The number of H-pyrrole nitrogens is 1. The van der Waals surface area contributed by atoms with E-state index in [0.717, 1.165) is 48.0 Å². The average molecular weight is 484 g/mol. The zero-order valence-corrected chi connectivity index (χ0v) is 20.6. The van der Waals surface area contributed by atoms with Crippen molar-refractivity contribution in [1.82, 2.24) is 14.6 Å². The van der Waals surface area contributed by atoms with Gasteiger partial charge in [-0.1, -0.05) is 35.9 Å². The van der Waals surface area contributed by atoms with Gasteiger partial charge in [-0.2, -0.15) is 0 Å². The standard InChI is InChI=1S/C26H33N3O4S/c1-3-34(32,33)27-16-21(31)6-4-5-19-8-10-20(11-9-19)26-25-22(13-14-29(26)17-30)23-15-18(2)7-12-24(23)28-25/h7-12,15,17,21,26-28,31H,3-6,13-14,16H2,1-2H3. The van der Waals surface area contributed by atoms with E-state index in [0.29, 0.717) is 13.0 Å². The van der Waals surface area contributed by atoms with Crippen molar-refractivity contribution in [1.29, 1.82) is 0 Å². The highest BCUT2D eigenvalue weighted by molar-refractivity contribution is 7.89. The van der Waals surface area contributed by atoms with Gasteiger partial charge < -0.3 is 15.0 Å². The first-order valence-corrected chi connectivity index (χ1v) is 13.5. The van der Waals surface area contributed by atoms with E-state index in [4.69, 9.17) is 0 Å². The maximum Gasteiger partial charge on any atom is 0.211 e. The maximum atomic E-state index is 11.9. The van der Waals surface area contributed by atoms with Crippen molar-refractivity contribution in [2.24, 2.45) is 0 Å². The van der Waals surface area contributed by atoms with Crippen LogP contribution in [-0.2, 0) is 27.7 Å². The second kappa shape index (κ2) is 10.3. The third-order valence-corrected chi connectivity index (χ3v) is 8.04. The molecule has 1 aliphatic heterocycles. The Morgan fingerprint density at radius 3 is 2.71 bits per heavy atom. The zero-order valence-electron chi connectivity index (χ0n) is 19.8. The molecule has 1 aromatic heterocycles. The third kappa shape index (κ3) is 5.35. The Morgan fingerprint density at radius 1 is 1.24 bits per heavy atom. The molecule has 7 nitrogen and oxygen atoms in total. The van der Waals surface area contributed by atoms with Gasteiger partial charge in [0.1, 0.15) is 0 Å². The molecule has 1 aliphatic rings. The topological polar surface area (TPSA) is 102 Å². The van der Waals surface area contributed by atoms with Crippen molar-refractivity contribution < 1.29 is 18.3 Å². The highest BCUT2D eigenvalue weighted by Crippen LogP contribution is 2.38. The number of aliphatic hydroxyl groups is 1. The minimum absolute atomic E-state index is 0.00818. The Hall–Kier alpha value is -2.68. The molecule has 1 amide bonds. The van der Waals surface area contributed by atoms with Crippen molar-refractivity contribution in [3.8, 4) is 0 Å². The van der Waals surface area contributed by atoms with Crippen LogP contribution in [0.25, 0.3) is 10.9 Å². The van der Waals surface area contributed by atoms with E-state index in [2.05, 4.69) is 59.1 Å². The summed E-state index contributed by atoms with van der Waals surface area (Å²) in [4.78, 5) is 17.3. The average Bonchev–Trinajstić information content (AvgIpc) is 3.20. The van der Waals surface area contributed by atoms with Crippen LogP contribution in [0.2, 0.25) is 0 Å². The Bertz CT molecular complexity index is 1250. The number of rotatable bonds is 10. The molecule has 0 bridgehead atoms. The number of benzene rings is 2. The van der Waals surface area contributed by atoms with Gasteiger partial charge in [-0.15, -0.1) is 0 Å². The molecule has 2 unspecified atom stereocenters. The molecule has 34 heavy (non-hydrogen) atoms. The highest BCUT2D eigenvalue weighted by atomic mass is 32.2. The second-order valence-corrected chi connectivity index (χ2v) is 11.2. The minimum atomic E-state index is -3.29. The number of aromatic amines is 1. The number of sulfonamides is 1. The Labute approximate surface area is 201 Å². The van der Waals surface area contributed by atoms with Crippen molar-refractivity contribution in [3.05, 3.63) is 70.4 Å². The van der Waals surface area contributed by atoms with Gasteiger partial charge in [-0.05, 0) is 68.4 Å². The third-order valence-electron chi connectivity index (χ3n) is 6.67. The number of aliphatic hydroxyl groups excluding tert-OH is 1. The molecule has 0 radical (unpaired) electrons. The van der Waals surface area contributed by atoms with Gasteiger partial charge in [0.2, 0.25) is 16.4 Å². The number of nitrogens with zero attached hydrogens (tertiary/aromatic N) is 1. The smallest absolute Gasteiger partial charge is 0.211 e. The predicted molar refractivity (Wildman–Crippen MR) is 134 cm³/mol. The fourth-order valence-electron chi connectivity index (χ4n) is 4.73. The first kappa shape index (κ1) is 24.4. The molecule has 2 aromatic carbocycles. The lowest BCUT2D eigenvalue weighted by molar-refractivity contribution is -0.120. The first-order chi connectivity index (χ1) is 16.3. The summed E-state index contributed by atoms with van der Waals surface area (Å²) in [5, 5.41) is 11.3. The lowest BCUT2D eigenvalue weighted by atomic mass is 9.92. The van der Waals surface area contributed by atoms with Gasteiger partial charge in [0, 0.05) is 29.7 Å². The molecule has 0 spiro atoms. The molecule has 4 rings (SSSR count). The van der Waals surface area contributed by atoms with Crippen LogP contribution < -0.4 is 4.72 Å². The Balaban J connectivity index is 1.44. The lowest BCUT2D eigenvalue weighted by Gasteiger charge is -2.33. The predicted octanol–water partition coefficient (Wildman–Crippen LogP) is 3.20. The molecule has 0 fully saturated rings. The maximum absolute atomic E-state index is 11.9. The van der Waals surface area contributed by atoms with Crippen molar-refractivity contribution >= 4 is 27.3 Å². The molecular formula is C26H33N3O4S. The molecule has 0 saturated heterocycles. The van der Waals surface area contributed by atoms with E-state index < -0.39 is 16.1 Å². The largest absolute Gasteiger partial charge is 0.392 e. The van der Waals surface area contributed by atoms with Crippen LogP contribution in [0.1, 0.15) is 53.8 Å². The van der Waals surface area contributed by atoms with Gasteiger partial charge in [0.25, 0.3) is 0 Å². The quantitative estimate of drug-likeness (QED) is 0.385. The number of amides is 1. The van der Waals surface area contributed by atoms with Gasteiger partial charge in [-0.25, -0.2) is 13.1 Å². The molecule has 3 N–H and O–H groups in total. The van der Waals surface area contributed by atoms with Crippen molar-refractivity contribution in [2.75, 3.05) is 18.8 Å². The molecule has 3 aromatic rings. The SMILES string of the molecule is CCS(=O)(=O)NCC(O)CCCc1ccc(C2c3[nH]c4ccc(C)cc4c3CCN2C=O)cc1. The molecule has 8 heteroatoms. The van der Waals surface area contributed by atoms with E-state index in [1.165, 1.54) is 16.5 Å². The second-order valence-electron chi connectivity index (χ2n) is 9.10. The monoisotopic (exact) mass is 483 g/mol. The summed E-state index contributed by atoms with van der Waals surface area (Å²) in [6.07, 6.45) is 3.14. The zero-order chi connectivity index (χ0) is 24.3. The van der Waals surface area contributed by atoms with Crippen molar-refractivity contribution in [3.63, 3.8) is 0 Å². The fourth-order valence-corrected chi connectivity index (χ4v) is 5.38. The number of carbonyl (C=O) groups is 1. The molecule has 0 saturated carbocycles. The summed E-state index contributed by atoms with van der Waals surface area (Å²) >= 11 is 0. The normalized spacial score (nSPS) is 17.0. The lowest BCUT2D eigenvalue weighted by Crippen LogP contribution is -2.35. The van der Waals surface area contributed by atoms with E-state index >= 15 is 0 Å². The number of aryl methyl sites for hydroxylation is 2. The van der Waals surface area contributed by atoms with E-state index in [1.54, 1.807) is 6.92 Å². The van der Waals surface area contributed by atoms with Crippen molar-refractivity contribution in [2.45, 2.75) is 51.7 Å². The highest BCUT2D eigenvalue weighted by Gasteiger charge is 2.30. The number of aromatic nitrogens is 1. The van der Waals surface area contributed by atoms with E-state index in [1.807, 2.05) is 4.90 Å². The summed E-state index contributed by atoms with van der Waals surface area (Å²) in [6.45, 7) is 4.40. The Morgan fingerprint density at radius 2 is 2.00 bits per heavy atom. The molecule has 2 heterocycles. The van der Waals surface area contributed by atoms with Crippen LogP contribution in [0, 0.1) is 6.92 Å².